The monoisotopic (exact) mass is 239 g/mol. The van der Waals surface area contributed by atoms with E-state index in [0.717, 1.165) is 29.5 Å². The summed E-state index contributed by atoms with van der Waals surface area (Å²) in [5, 5.41) is 14.7. The lowest BCUT2D eigenvalue weighted by Gasteiger charge is -2.24. The summed E-state index contributed by atoms with van der Waals surface area (Å²) >= 11 is 0. The third kappa shape index (κ3) is 1.79. The molecule has 90 valence electrons. The molecule has 1 aromatic heterocycles. The van der Waals surface area contributed by atoms with Gasteiger partial charge < -0.3 is 4.74 Å². The van der Waals surface area contributed by atoms with Crippen molar-refractivity contribution >= 4 is 17.6 Å². The van der Waals surface area contributed by atoms with Gasteiger partial charge in [-0.05, 0) is 12.4 Å². The molecule has 2 aromatic rings. The second-order valence-corrected chi connectivity index (χ2v) is 4.75. The second kappa shape index (κ2) is 4.47. The Hall–Kier alpha value is -1.80. The SMILES string of the molecule is CB(C#N)C[C@@H]1OCCn2nc3ccccc3c21. The summed E-state index contributed by atoms with van der Waals surface area (Å²) in [7, 11) is 0. The molecule has 1 aromatic carbocycles. The molecule has 0 radical (unpaired) electrons. The highest BCUT2D eigenvalue weighted by atomic mass is 16.5. The highest BCUT2D eigenvalue weighted by molar-refractivity contribution is 6.65. The summed E-state index contributed by atoms with van der Waals surface area (Å²) in [4.78, 5) is 0. The number of hydrogen-bond donors (Lipinski definition) is 0. The first-order valence-electron chi connectivity index (χ1n) is 6.26. The molecule has 0 saturated heterocycles. The molecule has 1 aliphatic rings. The number of nitrogens with zero attached hydrogens (tertiary/aromatic N) is 3. The topological polar surface area (TPSA) is 50.8 Å². The molecule has 0 saturated carbocycles. The normalized spacial score (nSPS) is 18.3. The zero-order valence-corrected chi connectivity index (χ0v) is 10.3. The summed E-state index contributed by atoms with van der Waals surface area (Å²) in [6, 6.07) is 8.11. The third-order valence-corrected chi connectivity index (χ3v) is 3.40. The zero-order chi connectivity index (χ0) is 12.5. The van der Waals surface area contributed by atoms with Crippen molar-refractivity contribution in [2.24, 2.45) is 0 Å². The maximum absolute atomic E-state index is 8.95. The molecule has 0 bridgehead atoms. The average Bonchev–Trinajstić information content (AvgIpc) is 2.78. The molecule has 2 heterocycles. The molecular weight excluding hydrogens is 225 g/mol. The van der Waals surface area contributed by atoms with Gasteiger partial charge in [0.1, 0.15) is 0 Å². The fourth-order valence-electron chi connectivity index (χ4n) is 2.52. The first kappa shape index (κ1) is 11.3. The van der Waals surface area contributed by atoms with Crippen LogP contribution in [0.3, 0.4) is 0 Å². The van der Waals surface area contributed by atoms with Crippen LogP contribution in [0.1, 0.15) is 11.8 Å². The van der Waals surface area contributed by atoms with Gasteiger partial charge in [-0.3, -0.25) is 4.68 Å². The number of rotatable bonds is 2. The molecule has 5 heteroatoms. The summed E-state index contributed by atoms with van der Waals surface area (Å²) in [5.41, 5.74) is 2.13. The second-order valence-electron chi connectivity index (χ2n) is 4.75. The Labute approximate surface area is 106 Å². The highest BCUT2D eigenvalue weighted by Crippen LogP contribution is 2.32. The lowest BCUT2D eigenvalue weighted by Crippen LogP contribution is -2.24. The van der Waals surface area contributed by atoms with Crippen molar-refractivity contribution in [1.29, 1.82) is 5.26 Å². The third-order valence-electron chi connectivity index (χ3n) is 3.40. The van der Waals surface area contributed by atoms with Crippen LogP contribution in [0.2, 0.25) is 13.1 Å². The Morgan fingerprint density at radius 3 is 3.22 bits per heavy atom. The van der Waals surface area contributed by atoms with Gasteiger partial charge in [0.2, 0.25) is 0 Å². The number of hydrogen-bond acceptors (Lipinski definition) is 3. The number of aromatic nitrogens is 2. The van der Waals surface area contributed by atoms with E-state index in [9.17, 15) is 0 Å². The van der Waals surface area contributed by atoms with Crippen molar-refractivity contribution in [3.8, 4) is 5.97 Å². The van der Waals surface area contributed by atoms with Gasteiger partial charge in [-0.2, -0.15) is 5.10 Å². The van der Waals surface area contributed by atoms with E-state index in [1.807, 2.05) is 29.7 Å². The molecule has 18 heavy (non-hydrogen) atoms. The lowest BCUT2D eigenvalue weighted by molar-refractivity contribution is 0.0298. The fraction of sp³-hybridized carbons (Fsp3) is 0.385. The molecule has 0 N–H and O–H groups in total. The van der Waals surface area contributed by atoms with E-state index in [1.165, 1.54) is 0 Å². The van der Waals surface area contributed by atoms with Crippen LogP contribution in [-0.4, -0.2) is 23.1 Å². The van der Waals surface area contributed by atoms with Gasteiger partial charge in [0.15, 0.2) is 0 Å². The van der Waals surface area contributed by atoms with Crippen LogP contribution in [0.4, 0.5) is 0 Å². The lowest BCUT2D eigenvalue weighted by atomic mass is 9.50. The van der Waals surface area contributed by atoms with Crippen molar-refractivity contribution in [3.05, 3.63) is 30.0 Å². The van der Waals surface area contributed by atoms with Crippen molar-refractivity contribution < 1.29 is 4.74 Å². The Kier molecular flexibility index (Phi) is 2.81. The first-order chi connectivity index (χ1) is 8.79. The van der Waals surface area contributed by atoms with E-state index in [4.69, 9.17) is 10.00 Å². The maximum atomic E-state index is 8.95. The van der Waals surface area contributed by atoms with E-state index < -0.39 is 0 Å². The van der Waals surface area contributed by atoms with Gasteiger partial charge in [-0.25, -0.2) is 5.26 Å². The van der Waals surface area contributed by atoms with Gasteiger partial charge in [-0.1, -0.05) is 25.0 Å². The Bertz CT molecular complexity index is 616. The predicted molar refractivity (Wildman–Crippen MR) is 70.5 cm³/mol. The molecular formula is C13H14BN3O. The molecule has 1 aliphatic heterocycles. The van der Waals surface area contributed by atoms with Crippen molar-refractivity contribution in [3.63, 3.8) is 0 Å². The van der Waals surface area contributed by atoms with Crippen molar-refractivity contribution in [2.45, 2.75) is 25.8 Å². The molecule has 0 spiro atoms. The molecule has 0 amide bonds. The van der Waals surface area contributed by atoms with Crippen LogP contribution in [0.5, 0.6) is 0 Å². The largest absolute Gasteiger partial charge is 0.371 e. The van der Waals surface area contributed by atoms with Gasteiger partial charge >= 0.3 is 0 Å². The molecule has 4 nitrogen and oxygen atoms in total. The van der Waals surface area contributed by atoms with E-state index in [0.29, 0.717) is 6.61 Å². The molecule has 1 atom stereocenters. The highest BCUT2D eigenvalue weighted by Gasteiger charge is 2.27. The average molecular weight is 239 g/mol. The summed E-state index contributed by atoms with van der Waals surface area (Å²) in [6.45, 7) is 3.39. The minimum absolute atomic E-state index is 0.00443. The maximum Gasteiger partial charge on any atom is 0.267 e. The van der Waals surface area contributed by atoms with Crippen LogP contribution in [0, 0.1) is 11.2 Å². The van der Waals surface area contributed by atoms with Gasteiger partial charge in [0, 0.05) is 11.4 Å². The van der Waals surface area contributed by atoms with E-state index >= 15 is 0 Å². The molecule has 0 fully saturated rings. The van der Waals surface area contributed by atoms with Gasteiger partial charge in [0.05, 0.1) is 30.5 Å². The molecule has 0 aliphatic carbocycles. The van der Waals surface area contributed by atoms with Crippen molar-refractivity contribution in [1.82, 2.24) is 9.78 Å². The summed E-state index contributed by atoms with van der Waals surface area (Å²) in [6.07, 6.45) is 0.715. The summed E-state index contributed by atoms with van der Waals surface area (Å²) < 4.78 is 7.86. The van der Waals surface area contributed by atoms with Gasteiger partial charge in [0.25, 0.3) is 6.71 Å². The molecule has 0 unspecified atom stereocenters. The number of benzene rings is 1. The van der Waals surface area contributed by atoms with E-state index in [2.05, 4.69) is 17.1 Å². The van der Waals surface area contributed by atoms with Crippen LogP contribution in [0.25, 0.3) is 10.9 Å². The minimum Gasteiger partial charge on any atom is -0.371 e. The van der Waals surface area contributed by atoms with Crippen LogP contribution < -0.4 is 0 Å². The van der Waals surface area contributed by atoms with Crippen LogP contribution >= 0.6 is 0 Å². The van der Waals surface area contributed by atoms with Gasteiger partial charge in [-0.15, -0.1) is 0 Å². The Morgan fingerprint density at radius 2 is 2.39 bits per heavy atom. The van der Waals surface area contributed by atoms with Crippen molar-refractivity contribution in [2.75, 3.05) is 6.61 Å². The number of nitriles is 1. The van der Waals surface area contributed by atoms with E-state index in [-0.39, 0.29) is 12.8 Å². The quantitative estimate of drug-likeness (QED) is 0.755. The van der Waals surface area contributed by atoms with Crippen LogP contribution in [0.15, 0.2) is 24.3 Å². The van der Waals surface area contributed by atoms with E-state index in [1.54, 1.807) is 0 Å². The minimum atomic E-state index is -0.0131. The van der Waals surface area contributed by atoms with Crippen LogP contribution in [-0.2, 0) is 11.3 Å². The number of ether oxygens (including phenoxy) is 1. The fourth-order valence-corrected chi connectivity index (χ4v) is 2.52. The number of fused-ring (bicyclic) bond motifs is 3. The smallest absolute Gasteiger partial charge is 0.267 e. The zero-order valence-electron chi connectivity index (χ0n) is 10.3. The Balaban J connectivity index is 2.06. The Morgan fingerprint density at radius 1 is 1.56 bits per heavy atom. The predicted octanol–water partition coefficient (Wildman–Crippen LogP) is 2.29. The first-order valence-corrected chi connectivity index (χ1v) is 6.26. The standard InChI is InChI=1S/C13H14BN3O/c1-14(9-15)8-12-13-10-4-2-3-5-11(10)16-17(13)6-7-18-12/h2-5,12H,6-8H2,1H3/t12-/m0/s1. The summed E-state index contributed by atoms with van der Waals surface area (Å²) in [5.74, 6) is 2.27. The molecule has 3 rings (SSSR count).